The minimum Gasteiger partial charge on any atom is -0.393 e. The molecule has 0 fully saturated rings. The van der Waals surface area contributed by atoms with Crippen molar-refractivity contribution in [3.8, 4) is 0 Å². The maximum atomic E-state index is 8.99. The van der Waals surface area contributed by atoms with Crippen molar-refractivity contribution in [3.63, 3.8) is 0 Å². The highest BCUT2D eigenvalue weighted by Crippen LogP contribution is 2.21. The molecular weight excluding hydrogens is 192 g/mol. The molecule has 6 heteroatoms. The molecule has 0 aromatic carbocycles. The largest absolute Gasteiger partial charge is 0.393 e. The van der Waals surface area contributed by atoms with E-state index in [1.807, 2.05) is 0 Å². The molecule has 0 spiro atoms. The molecular formula is C7H11ClN4O. The van der Waals surface area contributed by atoms with Gasteiger partial charge in [0.2, 0.25) is 0 Å². The fraction of sp³-hybridized carbons (Fsp3) is 0.429. The summed E-state index contributed by atoms with van der Waals surface area (Å²) in [5.74, 6) is 0.445. The van der Waals surface area contributed by atoms with E-state index < -0.39 is 6.10 Å². The quantitative estimate of drug-likeness (QED) is 0.622. The fourth-order valence-corrected chi connectivity index (χ4v) is 0.892. The van der Waals surface area contributed by atoms with Crippen LogP contribution in [-0.2, 0) is 0 Å². The summed E-state index contributed by atoms with van der Waals surface area (Å²) in [7, 11) is 0. The lowest BCUT2D eigenvalue weighted by molar-refractivity contribution is 0.208. The molecule has 13 heavy (non-hydrogen) atoms. The number of nitrogen functional groups attached to an aromatic ring is 1. The van der Waals surface area contributed by atoms with Gasteiger partial charge in [-0.05, 0) is 6.92 Å². The number of aliphatic hydroxyl groups is 1. The first kappa shape index (κ1) is 10.0. The van der Waals surface area contributed by atoms with Crippen LogP contribution < -0.4 is 11.1 Å². The van der Waals surface area contributed by atoms with Crippen LogP contribution in [0, 0.1) is 0 Å². The molecule has 1 heterocycles. The Bertz CT molecular complexity index is 292. The van der Waals surface area contributed by atoms with E-state index in [0.29, 0.717) is 18.1 Å². The van der Waals surface area contributed by atoms with Crippen molar-refractivity contribution < 1.29 is 5.11 Å². The van der Waals surface area contributed by atoms with E-state index in [1.54, 1.807) is 6.92 Å². The summed E-state index contributed by atoms with van der Waals surface area (Å²) >= 11 is 5.65. The van der Waals surface area contributed by atoms with Gasteiger partial charge in [-0.25, -0.2) is 9.97 Å². The second kappa shape index (κ2) is 4.25. The van der Waals surface area contributed by atoms with Gasteiger partial charge in [0.05, 0.1) is 6.10 Å². The number of aliphatic hydroxyl groups excluding tert-OH is 1. The third-order valence-electron chi connectivity index (χ3n) is 1.40. The zero-order valence-electron chi connectivity index (χ0n) is 7.16. The van der Waals surface area contributed by atoms with Crippen LogP contribution in [0.25, 0.3) is 0 Å². The van der Waals surface area contributed by atoms with Gasteiger partial charge in [0.15, 0.2) is 11.0 Å². The summed E-state index contributed by atoms with van der Waals surface area (Å²) in [5, 5.41) is 12.0. The average molecular weight is 203 g/mol. The van der Waals surface area contributed by atoms with E-state index in [2.05, 4.69) is 15.3 Å². The molecule has 4 N–H and O–H groups in total. The zero-order chi connectivity index (χ0) is 9.84. The molecule has 0 bridgehead atoms. The molecule has 1 rings (SSSR count). The molecule has 1 aromatic heterocycles. The van der Waals surface area contributed by atoms with Crippen molar-refractivity contribution in [1.29, 1.82) is 0 Å². The van der Waals surface area contributed by atoms with Crippen LogP contribution in [0.15, 0.2) is 6.33 Å². The normalized spacial score (nSPS) is 12.5. The van der Waals surface area contributed by atoms with Crippen LogP contribution in [0.4, 0.5) is 11.5 Å². The average Bonchev–Trinajstić information content (AvgIpc) is 2.07. The summed E-state index contributed by atoms with van der Waals surface area (Å²) in [5.41, 5.74) is 5.86. The third-order valence-corrected chi connectivity index (χ3v) is 1.70. The molecule has 0 saturated heterocycles. The van der Waals surface area contributed by atoms with Gasteiger partial charge in [0.1, 0.15) is 12.0 Å². The van der Waals surface area contributed by atoms with E-state index in [-0.39, 0.29) is 5.15 Å². The fourth-order valence-electron chi connectivity index (χ4n) is 0.759. The van der Waals surface area contributed by atoms with Crippen LogP contribution >= 0.6 is 11.6 Å². The van der Waals surface area contributed by atoms with Crippen LogP contribution in [-0.4, -0.2) is 27.7 Å². The molecule has 0 saturated carbocycles. The molecule has 72 valence electrons. The zero-order valence-corrected chi connectivity index (χ0v) is 7.91. The number of anilines is 2. The van der Waals surface area contributed by atoms with Crippen LogP contribution in [0.5, 0.6) is 0 Å². The Morgan fingerprint density at radius 2 is 2.38 bits per heavy atom. The van der Waals surface area contributed by atoms with Gasteiger partial charge in [-0.2, -0.15) is 0 Å². The maximum absolute atomic E-state index is 8.99. The lowest BCUT2D eigenvalue weighted by Crippen LogP contribution is -2.17. The summed E-state index contributed by atoms with van der Waals surface area (Å²) in [4.78, 5) is 7.56. The third kappa shape index (κ3) is 2.71. The van der Waals surface area contributed by atoms with E-state index in [4.69, 9.17) is 22.4 Å². The van der Waals surface area contributed by atoms with Gasteiger partial charge in [-0.3, -0.25) is 0 Å². The molecule has 0 aliphatic rings. The van der Waals surface area contributed by atoms with Crippen LogP contribution in [0.2, 0.25) is 5.15 Å². The maximum Gasteiger partial charge on any atom is 0.157 e. The van der Waals surface area contributed by atoms with Crippen molar-refractivity contribution in [1.82, 2.24) is 9.97 Å². The molecule has 0 aliphatic heterocycles. The number of hydrogen-bond acceptors (Lipinski definition) is 5. The number of rotatable bonds is 3. The van der Waals surface area contributed by atoms with E-state index in [0.717, 1.165) is 0 Å². The van der Waals surface area contributed by atoms with Crippen molar-refractivity contribution in [2.45, 2.75) is 13.0 Å². The highest BCUT2D eigenvalue weighted by Gasteiger charge is 2.05. The highest BCUT2D eigenvalue weighted by molar-refractivity contribution is 6.32. The Labute approximate surface area is 81.0 Å². The molecule has 1 aromatic rings. The van der Waals surface area contributed by atoms with E-state index in [9.17, 15) is 0 Å². The van der Waals surface area contributed by atoms with Gasteiger partial charge >= 0.3 is 0 Å². The molecule has 0 aliphatic carbocycles. The molecule has 1 atom stereocenters. The van der Waals surface area contributed by atoms with Gasteiger partial charge in [0, 0.05) is 6.54 Å². The van der Waals surface area contributed by atoms with Crippen molar-refractivity contribution in [3.05, 3.63) is 11.5 Å². The van der Waals surface area contributed by atoms with Gasteiger partial charge < -0.3 is 16.2 Å². The Hall–Kier alpha value is -1.07. The summed E-state index contributed by atoms with van der Waals surface area (Å²) in [6, 6.07) is 0. The number of hydrogen-bond donors (Lipinski definition) is 3. The van der Waals surface area contributed by atoms with Crippen LogP contribution in [0.1, 0.15) is 6.92 Å². The standard InChI is InChI=1S/C7H11ClN4O/c1-4(13)2-10-7-5(9)6(8)11-3-12-7/h3-4,13H,2,9H2,1H3,(H,10,11,12)/t4-/m1/s1. The van der Waals surface area contributed by atoms with Crippen molar-refractivity contribution >= 4 is 23.1 Å². The first-order valence-corrected chi connectivity index (χ1v) is 4.17. The minimum atomic E-state index is -0.465. The summed E-state index contributed by atoms with van der Waals surface area (Å²) in [6.45, 7) is 2.03. The first-order chi connectivity index (χ1) is 6.11. The number of nitrogens with two attached hydrogens (primary N) is 1. The van der Waals surface area contributed by atoms with Gasteiger partial charge in [-0.15, -0.1) is 0 Å². The second-order valence-corrected chi connectivity index (χ2v) is 3.01. The predicted molar refractivity (Wildman–Crippen MR) is 51.6 cm³/mol. The van der Waals surface area contributed by atoms with Crippen molar-refractivity contribution in [2.75, 3.05) is 17.6 Å². The molecule has 5 nitrogen and oxygen atoms in total. The van der Waals surface area contributed by atoms with E-state index in [1.165, 1.54) is 6.33 Å². The van der Waals surface area contributed by atoms with Gasteiger partial charge in [-0.1, -0.05) is 11.6 Å². The Kier molecular flexibility index (Phi) is 3.27. The Morgan fingerprint density at radius 3 is 3.00 bits per heavy atom. The smallest absolute Gasteiger partial charge is 0.157 e. The Morgan fingerprint density at radius 1 is 1.69 bits per heavy atom. The van der Waals surface area contributed by atoms with Gasteiger partial charge in [0.25, 0.3) is 0 Å². The monoisotopic (exact) mass is 202 g/mol. The number of aromatic nitrogens is 2. The SMILES string of the molecule is C[C@@H](O)CNc1ncnc(Cl)c1N. The first-order valence-electron chi connectivity index (χ1n) is 3.79. The molecule has 0 radical (unpaired) electrons. The highest BCUT2D eigenvalue weighted by atomic mass is 35.5. The topological polar surface area (TPSA) is 84.1 Å². The second-order valence-electron chi connectivity index (χ2n) is 2.66. The Balaban J connectivity index is 2.71. The number of nitrogens with zero attached hydrogens (tertiary/aromatic N) is 2. The van der Waals surface area contributed by atoms with Crippen LogP contribution in [0.3, 0.4) is 0 Å². The number of halogens is 1. The predicted octanol–water partition coefficient (Wildman–Crippen LogP) is 0.505. The lowest BCUT2D eigenvalue weighted by Gasteiger charge is -2.09. The van der Waals surface area contributed by atoms with Crippen molar-refractivity contribution in [2.24, 2.45) is 0 Å². The lowest BCUT2D eigenvalue weighted by atomic mass is 10.4. The molecule has 0 unspecified atom stereocenters. The van der Waals surface area contributed by atoms with E-state index >= 15 is 0 Å². The minimum absolute atomic E-state index is 0.211. The molecule has 0 amide bonds. The summed E-state index contributed by atoms with van der Waals surface area (Å²) < 4.78 is 0. The number of nitrogens with one attached hydrogen (secondary N) is 1. The summed E-state index contributed by atoms with van der Waals surface area (Å²) in [6.07, 6.45) is 0.844.